The summed E-state index contributed by atoms with van der Waals surface area (Å²) < 4.78 is 0. The zero-order valence-corrected chi connectivity index (χ0v) is 43.8. The summed E-state index contributed by atoms with van der Waals surface area (Å²) in [7, 11) is 0. The van der Waals surface area contributed by atoms with E-state index in [-0.39, 0.29) is 32.9 Å². The topological polar surface area (TPSA) is 158 Å². The number of hydrogen-bond acceptors (Lipinski definition) is 9. The van der Waals surface area contributed by atoms with Gasteiger partial charge in [-0.15, -0.1) is 0 Å². The molecular formula is C66H63N3O6. The molecule has 0 amide bonds. The molecule has 0 unspecified atom stereocenters. The van der Waals surface area contributed by atoms with Crippen LogP contribution in [0, 0.1) is 35.5 Å². The van der Waals surface area contributed by atoms with Crippen LogP contribution in [-0.4, -0.2) is 49.3 Å². The molecule has 7 aromatic rings. The van der Waals surface area contributed by atoms with E-state index in [0.717, 1.165) is 16.7 Å². The molecule has 0 bridgehead atoms. The maximum atomic E-state index is 12.1. The summed E-state index contributed by atoms with van der Waals surface area (Å²) in [6.45, 7) is 18.7. The van der Waals surface area contributed by atoms with Crippen molar-refractivity contribution in [3.8, 4) is 52.8 Å². The van der Waals surface area contributed by atoms with E-state index in [0.29, 0.717) is 50.4 Å². The van der Waals surface area contributed by atoms with Gasteiger partial charge >= 0.3 is 0 Å². The van der Waals surface area contributed by atoms with Crippen LogP contribution in [0.3, 0.4) is 0 Å². The van der Waals surface area contributed by atoms with Crippen LogP contribution in [0.5, 0.6) is 17.2 Å². The summed E-state index contributed by atoms with van der Waals surface area (Å²) in [4.78, 5) is 14.3. The van der Waals surface area contributed by atoms with Gasteiger partial charge in [-0.25, -0.2) is 0 Å². The van der Waals surface area contributed by atoms with E-state index in [1.54, 1.807) is 54.6 Å². The zero-order valence-electron chi connectivity index (χ0n) is 43.8. The molecule has 7 aromatic carbocycles. The van der Waals surface area contributed by atoms with Crippen molar-refractivity contribution in [2.75, 3.05) is 0 Å². The first-order valence-electron chi connectivity index (χ1n) is 24.7. The van der Waals surface area contributed by atoms with Gasteiger partial charge in [0.15, 0.2) is 0 Å². The fraction of sp³-hybridized carbons (Fsp3) is 0.227. The molecule has 6 N–H and O–H groups in total. The molecule has 0 heterocycles. The fourth-order valence-corrected chi connectivity index (χ4v) is 7.78. The van der Waals surface area contributed by atoms with Crippen molar-refractivity contribution >= 4 is 35.7 Å². The predicted molar refractivity (Wildman–Crippen MR) is 303 cm³/mol. The Hall–Kier alpha value is -8.49. The molecule has 3 atom stereocenters. The lowest BCUT2D eigenvalue weighted by Crippen LogP contribution is -2.11. The number of aliphatic hydroxyl groups excluding tert-OH is 3. The number of nitrogens with zero attached hydrogens (tertiary/aromatic N) is 3. The quantitative estimate of drug-likeness (QED) is 0.0624. The number of aliphatic imine (C=N–C) groups is 3. The monoisotopic (exact) mass is 993 g/mol. The third-order valence-electron chi connectivity index (χ3n) is 12.5. The van der Waals surface area contributed by atoms with Crippen molar-refractivity contribution in [1.82, 2.24) is 0 Å². The second-order valence-corrected chi connectivity index (χ2v) is 21.3. The highest BCUT2D eigenvalue weighted by atomic mass is 16.3. The van der Waals surface area contributed by atoms with E-state index in [2.05, 4.69) is 97.8 Å². The van der Waals surface area contributed by atoms with Crippen molar-refractivity contribution in [2.45, 2.75) is 96.9 Å². The Morgan fingerprint density at radius 2 is 0.600 bits per heavy atom. The number of rotatable bonds is 9. The highest BCUT2D eigenvalue weighted by Crippen LogP contribution is 2.41. The van der Waals surface area contributed by atoms with Gasteiger partial charge in [0, 0.05) is 18.6 Å². The van der Waals surface area contributed by atoms with E-state index < -0.39 is 35.6 Å². The molecule has 75 heavy (non-hydrogen) atoms. The van der Waals surface area contributed by atoms with E-state index in [9.17, 15) is 30.6 Å². The molecule has 0 aromatic heterocycles. The molecule has 0 aliphatic heterocycles. The number of benzene rings is 7. The average molecular weight is 994 g/mol. The molecule has 0 saturated heterocycles. The molecule has 9 heteroatoms. The molecular weight excluding hydrogens is 931 g/mol. The van der Waals surface area contributed by atoms with Crippen molar-refractivity contribution in [1.29, 1.82) is 0 Å². The summed E-state index contributed by atoms with van der Waals surface area (Å²) in [6, 6.07) is 44.1. The van der Waals surface area contributed by atoms with Gasteiger partial charge in [0.2, 0.25) is 0 Å². The Morgan fingerprint density at radius 3 is 0.827 bits per heavy atom. The molecule has 0 spiro atoms. The van der Waals surface area contributed by atoms with Gasteiger partial charge < -0.3 is 30.6 Å². The highest BCUT2D eigenvalue weighted by molar-refractivity contribution is 6.05. The van der Waals surface area contributed by atoms with Crippen LogP contribution in [0.25, 0.3) is 0 Å². The Morgan fingerprint density at radius 1 is 0.360 bits per heavy atom. The van der Waals surface area contributed by atoms with Gasteiger partial charge in [0.05, 0.1) is 50.4 Å². The summed E-state index contributed by atoms with van der Waals surface area (Å²) in [6.07, 6.45) is 0.609. The molecule has 0 aliphatic carbocycles. The molecule has 0 aliphatic rings. The number of aliphatic hydroxyl groups is 3. The highest BCUT2D eigenvalue weighted by Gasteiger charge is 2.23. The van der Waals surface area contributed by atoms with Gasteiger partial charge in [0.1, 0.15) is 35.6 Å². The molecule has 9 nitrogen and oxygen atoms in total. The van der Waals surface area contributed by atoms with E-state index in [1.165, 1.54) is 18.6 Å². The Labute approximate surface area is 441 Å². The molecule has 0 saturated carbocycles. The van der Waals surface area contributed by atoms with Crippen LogP contribution in [0.4, 0.5) is 17.1 Å². The number of phenolic OH excluding ortho intramolecular Hbond substituents is 3. The summed E-state index contributed by atoms with van der Waals surface area (Å²) >= 11 is 0. The van der Waals surface area contributed by atoms with E-state index >= 15 is 0 Å². The first-order chi connectivity index (χ1) is 35.6. The maximum absolute atomic E-state index is 12.1. The first-order valence-corrected chi connectivity index (χ1v) is 24.7. The second kappa shape index (κ2) is 23.2. The number of phenols is 3. The fourth-order valence-electron chi connectivity index (χ4n) is 7.78. The summed E-state index contributed by atoms with van der Waals surface area (Å²) in [5.74, 6) is 16.5. The predicted octanol–water partition coefficient (Wildman–Crippen LogP) is 13.2. The normalized spacial score (nSPS) is 13.1. The smallest absolute Gasteiger partial charge is 0.140 e. The molecule has 378 valence electrons. The van der Waals surface area contributed by atoms with Gasteiger partial charge in [-0.1, -0.05) is 207 Å². The third kappa shape index (κ3) is 13.8. The van der Waals surface area contributed by atoms with E-state index in [4.69, 9.17) is 15.0 Å². The minimum atomic E-state index is -1.08. The first kappa shape index (κ1) is 54.3. The van der Waals surface area contributed by atoms with Gasteiger partial charge in [-0.05, 0) is 86.0 Å². The van der Waals surface area contributed by atoms with Gasteiger partial charge in [-0.3, -0.25) is 15.0 Å². The van der Waals surface area contributed by atoms with Crippen LogP contribution in [0.15, 0.2) is 161 Å². The molecule has 0 fully saturated rings. The second-order valence-electron chi connectivity index (χ2n) is 21.3. The van der Waals surface area contributed by atoms with Crippen molar-refractivity contribution in [3.05, 3.63) is 212 Å². The van der Waals surface area contributed by atoms with Crippen LogP contribution >= 0.6 is 0 Å². The SMILES string of the molecule is CC(C)(C)c1ccc(N=Cc2c(O)c(C=Nc3ccc(C(C)(C)C)cc3C#C[C@H](O)c3ccccc3)c(O)c(C=Nc3ccc(C(C)(C)C)cc3C#C[C@H](O)c3ccccc3)c2O)c(C#C[C@H](O)c2ccccc2)c1. The lowest BCUT2D eigenvalue weighted by molar-refractivity contribution is 0.238. The molecule has 0 radical (unpaired) electrons. The minimum absolute atomic E-state index is 0.165. The Bertz CT molecular complexity index is 3080. The van der Waals surface area contributed by atoms with Crippen LogP contribution in [-0.2, 0) is 16.2 Å². The lowest BCUT2D eigenvalue weighted by Gasteiger charge is -2.20. The van der Waals surface area contributed by atoms with Crippen LogP contribution in [0.2, 0.25) is 0 Å². The largest absolute Gasteiger partial charge is 0.506 e. The lowest BCUT2D eigenvalue weighted by atomic mass is 9.86. The van der Waals surface area contributed by atoms with Gasteiger partial charge in [0.25, 0.3) is 0 Å². The number of aromatic hydroxyl groups is 3. The maximum Gasteiger partial charge on any atom is 0.140 e. The standard InChI is InChI=1S/C66H63N3O6/c1-64(2,3)49-28-31-55(46(37-49)25-34-58(70)43-19-13-10-14-20-43)67-40-52-61(73)53(41-68-56-32-29-50(65(4,5)6)38-47(56)26-35-59(71)44-21-15-11-16-22-44)63(75)54(62(52)74)42-69-57-33-30-51(66(7,8)9)39-48(57)27-36-60(72)45-23-17-12-18-24-45/h10-24,28-33,37-42,58-60,70-75H,1-9H3/t58-,59-,60-/m0/s1. The van der Waals surface area contributed by atoms with Gasteiger partial charge in [-0.2, -0.15) is 0 Å². The summed E-state index contributed by atoms with van der Waals surface area (Å²) in [5.41, 5.74) is 6.15. The average Bonchev–Trinajstić information content (AvgIpc) is 3.39. The van der Waals surface area contributed by atoms with Crippen molar-refractivity contribution in [2.24, 2.45) is 15.0 Å². The van der Waals surface area contributed by atoms with Crippen molar-refractivity contribution < 1.29 is 30.6 Å². The number of hydrogen-bond donors (Lipinski definition) is 6. The minimum Gasteiger partial charge on any atom is -0.506 e. The summed E-state index contributed by atoms with van der Waals surface area (Å²) in [5, 5.41) is 69.4. The van der Waals surface area contributed by atoms with E-state index in [1.807, 2.05) is 91.0 Å². The Kier molecular flexibility index (Phi) is 16.8. The third-order valence-corrected chi connectivity index (χ3v) is 12.5. The Balaban J connectivity index is 1.40. The molecule has 7 rings (SSSR count). The zero-order chi connectivity index (χ0) is 54.1. The van der Waals surface area contributed by atoms with Crippen LogP contribution in [0.1, 0.15) is 147 Å². The van der Waals surface area contributed by atoms with Crippen LogP contribution < -0.4 is 0 Å². The van der Waals surface area contributed by atoms with Crippen molar-refractivity contribution in [3.63, 3.8) is 0 Å².